The Balaban J connectivity index is 2.60. The average molecular weight is 419 g/mol. The highest BCUT2D eigenvalue weighted by molar-refractivity contribution is 6.30. The number of aliphatic carboxylic acids is 1. The van der Waals surface area contributed by atoms with Crippen molar-refractivity contribution >= 4 is 17.6 Å². The number of carboxylic acid groups (broad SMARTS) is 1. The summed E-state index contributed by atoms with van der Waals surface area (Å²) < 4.78 is 93.9. The standard InChI is InChI=1S/C17H14ClF7O2/c1-6-10(19)12(21)7(13(22)11(6)20)5-16(14(26)27)8(15(16,2)3)4-9(18)17(23,24)25/h4,8H,5H2,1-3H3,(H,26,27). The first-order valence-electron chi connectivity index (χ1n) is 7.60. The van der Waals surface area contributed by atoms with Gasteiger partial charge in [-0.15, -0.1) is 0 Å². The molecule has 1 aliphatic rings. The van der Waals surface area contributed by atoms with Crippen LogP contribution in [0.4, 0.5) is 30.7 Å². The minimum atomic E-state index is -4.94. The molecule has 150 valence electrons. The third kappa shape index (κ3) is 3.09. The van der Waals surface area contributed by atoms with Crippen molar-refractivity contribution in [1.82, 2.24) is 0 Å². The van der Waals surface area contributed by atoms with Crippen molar-refractivity contribution in [2.24, 2.45) is 16.7 Å². The SMILES string of the molecule is Cc1c(F)c(F)c(CC2(C(=O)O)C(C=C(Cl)C(F)(F)F)C2(C)C)c(F)c1F. The summed E-state index contributed by atoms with van der Waals surface area (Å²) in [7, 11) is 0. The van der Waals surface area contributed by atoms with Crippen LogP contribution in [0.3, 0.4) is 0 Å². The van der Waals surface area contributed by atoms with Crippen LogP contribution in [0.5, 0.6) is 0 Å². The summed E-state index contributed by atoms with van der Waals surface area (Å²) in [5.41, 5.74) is -5.65. The number of carboxylic acids is 1. The van der Waals surface area contributed by atoms with Gasteiger partial charge in [0.25, 0.3) is 0 Å². The van der Waals surface area contributed by atoms with Crippen molar-refractivity contribution in [3.8, 4) is 0 Å². The van der Waals surface area contributed by atoms with Crippen molar-refractivity contribution in [2.45, 2.75) is 33.4 Å². The maximum absolute atomic E-state index is 14.2. The molecular weight excluding hydrogens is 405 g/mol. The van der Waals surface area contributed by atoms with Crippen LogP contribution in [0, 0.1) is 46.9 Å². The molecule has 0 aromatic heterocycles. The minimum Gasteiger partial charge on any atom is -0.481 e. The molecule has 0 radical (unpaired) electrons. The predicted octanol–water partition coefficient (Wildman–Crippen LogP) is 5.51. The minimum absolute atomic E-state index is 0.451. The zero-order valence-electron chi connectivity index (χ0n) is 14.2. The van der Waals surface area contributed by atoms with E-state index in [-0.39, 0.29) is 0 Å². The van der Waals surface area contributed by atoms with E-state index in [1.807, 2.05) is 0 Å². The molecule has 0 aliphatic heterocycles. The molecule has 2 rings (SSSR count). The van der Waals surface area contributed by atoms with Gasteiger partial charge in [-0.2, -0.15) is 13.2 Å². The Labute approximate surface area is 154 Å². The van der Waals surface area contributed by atoms with Crippen LogP contribution in [0.2, 0.25) is 0 Å². The van der Waals surface area contributed by atoms with E-state index < -0.39 is 74.7 Å². The number of hydrogen-bond acceptors (Lipinski definition) is 1. The highest BCUT2D eigenvalue weighted by atomic mass is 35.5. The molecular formula is C17H14ClF7O2. The van der Waals surface area contributed by atoms with E-state index >= 15 is 0 Å². The lowest BCUT2D eigenvalue weighted by atomic mass is 9.87. The molecule has 10 heteroatoms. The molecule has 0 amide bonds. The van der Waals surface area contributed by atoms with Gasteiger partial charge >= 0.3 is 12.1 Å². The number of allylic oxidation sites excluding steroid dienone is 2. The van der Waals surface area contributed by atoms with Crippen LogP contribution >= 0.6 is 11.6 Å². The van der Waals surface area contributed by atoms with Crippen molar-refractivity contribution in [3.05, 3.63) is 45.5 Å². The first-order chi connectivity index (χ1) is 12.1. The lowest BCUT2D eigenvalue weighted by molar-refractivity contribution is -0.145. The fourth-order valence-electron chi connectivity index (χ4n) is 3.53. The molecule has 27 heavy (non-hydrogen) atoms. The van der Waals surface area contributed by atoms with Gasteiger partial charge in [-0.05, 0) is 18.8 Å². The fourth-order valence-corrected chi connectivity index (χ4v) is 3.66. The van der Waals surface area contributed by atoms with E-state index in [4.69, 9.17) is 11.6 Å². The van der Waals surface area contributed by atoms with Gasteiger partial charge in [-0.3, -0.25) is 4.79 Å². The van der Waals surface area contributed by atoms with Crippen molar-refractivity contribution < 1.29 is 40.6 Å². The molecule has 0 bridgehead atoms. The largest absolute Gasteiger partial charge is 0.481 e. The van der Waals surface area contributed by atoms with Crippen LogP contribution in [0.25, 0.3) is 0 Å². The molecule has 0 saturated heterocycles. The molecule has 2 nitrogen and oxygen atoms in total. The number of halogens is 8. The van der Waals surface area contributed by atoms with Gasteiger partial charge in [0.2, 0.25) is 0 Å². The number of hydrogen-bond donors (Lipinski definition) is 1. The Morgan fingerprint density at radius 2 is 1.56 bits per heavy atom. The number of benzene rings is 1. The molecule has 1 saturated carbocycles. The third-order valence-corrected chi connectivity index (χ3v) is 5.71. The van der Waals surface area contributed by atoms with Gasteiger partial charge < -0.3 is 5.11 Å². The van der Waals surface area contributed by atoms with E-state index in [9.17, 15) is 40.6 Å². The topological polar surface area (TPSA) is 37.3 Å². The summed E-state index contributed by atoms with van der Waals surface area (Å²) in [5.74, 6) is -9.98. The first kappa shape index (κ1) is 21.5. The lowest BCUT2D eigenvalue weighted by Crippen LogP contribution is -2.26. The second-order valence-corrected chi connectivity index (χ2v) is 7.43. The molecule has 1 aromatic carbocycles. The molecule has 1 aliphatic carbocycles. The van der Waals surface area contributed by atoms with E-state index in [1.165, 1.54) is 13.8 Å². The maximum atomic E-state index is 14.2. The first-order valence-corrected chi connectivity index (χ1v) is 7.97. The average Bonchev–Trinajstić information content (AvgIpc) is 3.02. The highest BCUT2D eigenvalue weighted by Gasteiger charge is 2.75. The van der Waals surface area contributed by atoms with Crippen LogP contribution in [0.15, 0.2) is 11.1 Å². The summed E-state index contributed by atoms with van der Waals surface area (Å²) in [4.78, 5) is 11.8. The maximum Gasteiger partial charge on any atom is 0.426 e. The number of carbonyl (C=O) groups is 1. The smallest absolute Gasteiger partial charge is 0.426 e. The Morgan fingerprint density at radius 3 is 1.93 bits per heavy atom. The van der Waals surface area contributed by atoms with E-state index in [0.29, 0.717) is 6.08 Å². The van der Waals surface area contributed by atoms with Crippen molar-refractivity contribution in [2.75, 3.05) is 0 Å². The van der Waals surface area contributed by atoms with Gasteiger partial charge in [0.1, 0.15) is 5.03 Å². The zero-order valence-corrected chi connectivity index (χ0v) is 15.0. The quantitative estimate of drug-likeness (QED) is 0.517. The Morgan fingerprint density at radius 1 is 1.11 bits per heavy atom. The second-order valence-electron chi connectivity index (χ2n) is 7.02. The van der Waals surface area contributed by atoms with Crippen LogP contribution in [0.1, 0.15) is 25.0 Å². The summed E-state index contributed by atoms with van der Waals surface area (Å²) in [6, 6.07) is 0. The second kappa shape index (κ2) is 6.39. The normalized spacial score (nSPS) is 24.9. The summed E-state index contributed by atoms with van der Waals surface area (Å²) >= 11 is 5.16. The van der Waals surface area contributed by atoms with Crippen LogP contribution < -0.4 is 0 Å². The molecule has 0 spiro atoms. The predicted molar refractivity (Wildman–Crippen MR) is 82.0 cm³/mol. The summed E-state index contributed by atoms with van der Waals surface area (Å²) in [6.07, 6.45) is -5.54. The number of rotatable bonds is 4. The van der Waals surface area contributed by atoms with E-state index in [1.54, 1.807) is 0 Å². The van der Waals surface area contributed by atoms with Gasteiger partial charge in [0, 0.05) is 17.0 Å². The van der Waals surface area contributed by atoms with Gasteiger partial charge in [0.15, 0.2) is 23.3 Å². The molecule has 2 atom stereocenters. The van der Waals surface area contributed by atoms with Crippen LogP contribution in [-0.2, 0) is 11.2 Å². The Bertz CT molecular complexity index is 816. The van der Waals surface area contributed by atoms with Crippen LogP contribution in [-0.4, -0.2) is 17.3 Å². The molecule has 1 N–H and O–H groups in total. The van der Waals surface area contributed by atoms with Gasteiger partial charge in [0.05, 0.1) is 5.41 Å². The fraction of sp³-hybridized carbons (Fsp3) is 0.471. The van der Waals surface area contributed by atoms with E-state index in [2.05, 4.69) is 0 Å². The Hall–Kier alpha value is -1.77. The van der Waals surface area contributed by atoms with Gasteiger partial charge in [-0.1, -0.05) is 31.5 Å². The monoisotopic (exact) mass is 418 g/mol. The Kier molecular flexibility index (Phi) is 5.10. The van der Waals surface area contributed by atoms with E-state index in [0.717, 1.165) is 6.92 Å². The molecule has 1 aromatic rings. The highest BCUT2D eigenvalue weighted by Crippen LogP contribution is 2.71. The molecule has 1 fully saturated rings. The number of alkyl halides is 3. The molecule has 0 heterocycles. The summed E-state index contributed by atoms with van der Waals surface area (Å²) in [6.45, 7) is 3.32. The summed E-state index contributed by atoms with van der Waals surface area (Å²) in [5, 5.41) is 7.98. The van der Waals surface area contributed by atoms with Crippen molar-refractivity contribution in [1.29, 1.82) is 0 Å². The molecule has 2 unspecified atom stereocenters. The third-order valence-electron chi connectivity index (χ3n) is 5.37. The van der Waals surface area contributed by atoms with Gasteiger partial charge in [-0.25, -0.2) is 17.6 Å². The lowest BCUT2D eigenvalue weighted by Gasteiger charge is -2.18. The van der Waals surface area contributed by atoms with Crippen molar-refractivity contribution in [3.63, 3.8) is 0 Å². The zero-order chi connectivity index (χ0) is 21.1.